The van der Waals surface area contributed by atoms with Crippen LogP contribution >= 0.6 is 34.4 Å². The monoisotopic (exact) mass is 444 g/mol. The van der Waals surface area contributed by atoms with Gasteiger partial charge < -0.3 is 4.90 Å². The van der Waals surface area contributed by atoms with Gasteiger partial charge in [-0.15, -0.1) is 21.5 Å². The van der Waals surface area contributed by atoms with Crippen LogP contribution in [0.25, 0.3) is 0 Å². The summed E-state index contributed by atoms with van der Waals surface area (Å²) in [5.41, 5.74) is 1.21. The van der Waals surface area contributed by atoms with E-state index >= 15 is 0 Å². The molecule has 150 valence electrons. The van der Waals surface area contributed by atoms with E-state index in [4.69, 9.17) is 0 Å². The third-order valence-electron chi connectivity index (χ3n) is 4.62. The van der Waals surface area contributed by atoms with Gasteiger partial charge in [-0.1, -0.05) is 59.5 Å². The minimum Gasteiger partial charge on any atom is -0.330 e. The van der Waals surface area contributed by atoms with Gasteiger partial charge in [-0.25, -0.2) is 0 Å². The maximum Gasteiger partial charge on any atom is 0.249 e. The molecule has 4 rings (SSSR count). The topological polar surface area (TPSA) is 75.2 Å². The Morgan fingerprint density at radius 2 is 2.03 bits per heavy atom. The first-order valence-corrected chi connectivity index (χ1v) is 12.0. The van der Waals surface area contributed by atoms with Crippen LogP contribution in [-0.2, 0) is 21.8 Å². The number of hydrogen-bond donors (Lipinski definition) is 1. The third kappa shape index (κ3) is 5.23. The lowest BCUT2D eigenvalue weighted by Crippen LogP contribution is -2.43. The normalized spacial score (nSPS) is 16.1. The van der Waals surface area contributed by atoms with Crippen LogP contribution in [0.15, 0.2) is 52.2 Å². The summed E-state index contributed by atoms with van der Waals surface area (Å²) in [4.78, 5) is 28.1. The molecule has 0 radical (unpaired) electrons. The number of nitrogens with zero attached hydrogens (tertiary/aromatic N) is 3. The van der Waals surface area contributed by atoms with Gasteiger partial charge >= 0.3 is 0 Å². The third-order valence-corrected chi connectivity index (χ3v) is 7.54. The molecular formula is C20H20N4O2S3. The molecule has 1 fully saturated rings. The molecule has 2 aromatic heterocycles. The molecule has 9 heteroatoms. The highest BCUT2D eigenvalue weighted by molar-refractivity contribution is 8.00. The Morgan fingerprint density at radius 3 is 2.83 bits per heavy atom. The van der Waals surface area contributed by atoms with Gasteiger partial charge in [0.2, 0.25) is 16.9 Å². The van der Waals surface area contributed by atoms with Crippen molar-refractivity contribution in [2.75, 3.05) is 11.9 Å². The van der Waals surface area contributed by atoms with Crippen molar-refractivity contribution in [2.24, 2.45) is 0 Å². The molecule has 29 heavy (non-hydrogen) atoms. The molecule has 3 heterocycles. The molecule has 1 unspecified atom stereocenters. The fourth-order valence-corrected chi connectivity index (χ4v) is 5.63. The van der Waals surface area contributed by atoms with Gasteiger partial charge in [0.25, 0.3) is 0 Å². The Kier molecular flexibility index (Phi) is 6.58. The largest absolute Gasteiger partial charge is 0.330 e. The Balaban J connectivity index is 1.32. The van der Waals surface area contributed by atoms with Gasteiger partial charge in [0, 0.05) is 17.2 Å². The Labute approximate surface area is 181 Å². The van der Waals surface area contributed by atoms with E-state index < -0.39 is 6.04 Å². The van der Waals surface area contributed by atoms with E-state index in [9.17, 15) is 9.59 Å². The van der Waals surface area contributed by atoms with Crippen LogP contribution in [0.2, 0.25) is 0 Å². The summed E-state index contributed by atoms with van der Waals surface area (Å²) < 4.78 is 0.807. The summed E-state index contributed by atoms with van der Waals surface area (Å²) in [7, 11) is 0. The predicted octanol–water partition coefficient (Wildman–Crippen LogP) is 4.06. The van der Waals surface area contributed by atoms with Crippen molar-refractivity contribution in [2.45, 2.75) is 35.4 Å². The number of likely N-dealkylation sites (tertiary alicyclic amines) is 1. The highest BCUT2D eigenvalue weighted by atomic mass is 32.2. The Bertz CT molecular complexity index is 959. The first-order chi connectivity index (χ1) is 14.2. The molecule has 0 spiro atoms. The number of thioether (sulfide) groups is 1. The first-order valence-electron chi connectivity index (χ1n) is 9.32. The van der Waals surface area contributed by atoms with Gasteiger partial charge in [0.15, 0.2) is 4.34 Å². The van der Waals surface area contributed by atoms with E-state index in [-0.39, 0.29) is 11.8 Å². The van der Waals surface area contributed by atoms with Crippen molar-refractivity contribution >= 4 is 51.4 Å². The minimum atomic E-state index is -0.438. The van der Waals surface area contributed by atoms with Crippen LogP contribution in [0.3, 0.4) is 0 Å². The van der Waals surface area contributed by atoms with Crippen molar-refractivity contribution in [3.05, 3.63) is 58.3 Å². The molecule has 1 saturated heterocycles. The molecule has 0 aliphatic carbocycles. The molecule has 3 aromatic rings. The lowest BCUT2D eigenvalue weighted by Gasteiger charge is -2.23. The smallest absolute Gasteiger partial charge is 0.249 e. The van der Waals surface area contributed by atoms with Crippen LogP contribution in [0.4, 0.5) is 5.13 Å². The van der Waals surface area contributed by atoms with Crippen molar-refractivity contribution in [1.29, 1.82) is 0 Å². The van der Waals surface area contributed by atoms with Gasteiger partial charge in [0.05, 0.1) is 6.42 Å². The summed E-state index contributed by atoms with van der Waals surface area (Å²) in [5.74, 6) is 0.621. The van der Waals surface area contributed by atoms with Crippen LogP contribution in [0.5, 0.6) is 0 Å². The lowest BCUT2D eigenvalue weighted by atomic mass is 10.2. The summed E-state index contributed by atoms with van der Waals surface area (Å²) >= 11 is 4.51. The quantitative estimate of drug-likeness (QED) is 0.439. The number of rotatable bonds is 7. The lowest BCUT2D eigenvalue weighted by molar-refractivity contribution is -0.136. The summed E-state index contributed by atoms with van der Waals surface area (Å²) in [6.45, 7) is 0.622. The fourth-order valence-electron chi connectivity index (χ4n) is 3.23. The molecule has 1 aliphatic rings. The van der Waals surface area contributed by atoms with Crippen molar-refractivity contribution in [3.8, 4) is 0 Å². The Morgan fingerprint density at radius 1 is 1.17 bits per heavy atom. The van der Waals surface area contributed by atoms with Gasteiger partial charge in [-0.3, -0.25) is 14.9 Å². The molecular weight excluding hydrogens is 424 g/mol. The second-order valence-corrected chi connectivity index (χ2v) is 9.87. The number of thiophene rings is 1. The van der Waals surface area contributed by atoms with Gasteiger partial charge in [-0.05, 0) is 29.9 Å². The molecule has 6 nitrogen and oxygen atoms in total. The van der Waals surface area contributed by atoms with E-state index in [1.54, 1.807) is 28.0 Å². The maximum absolute atomic E-state index is 12.8. The highest BCUT2D eigenvalue weighted by Gasteiger charge is 2.34. The number of benzene rings is 1. The predicted molar refractivity (Wildman–Crippen MR) is 117 cm³/mol. The Hall–Kier alpha value is -2.23. The summed E-state index contributed by atoms with van der Waals surface area (Å²) in [6, 6.07) is 13.6. The zero-order valence-corrected chi connectivity index (χ0v) is 18.1. The van der Waals surface area contributed by atoms with Crippen LogP contribution in [0.1, 0.15) is 23.3 Å². The molecule has 0 bridgehead atoms. The second-order valence-electron chi connectivity index (χ2n) is 6.64. The van der Waals surface area contributed by atoms with E-state index in [2.05, 4.69) is 27.6 Å². The average Bonchev–Trinajstić information content (AvgIpc) is 3.49. The summed E-state index contributed by atoms with van der Waals surface area (Å²) in [6.07, 6.45) is 1.86. The molecule has 1 aromatic carbocycles. The number of nitrogens with one attached hydrogen (secondary N) is 1. The number of aromatic nitrogens is 2. The van der Waals surface area contributed by atoms with Crippen molar-refractivity contribution < 1.29 is 9.59 Å². The van der Waals surface area contributed by atoms with Gasteiger partial charge in [-0.2, -0.15) is 0 Å². The zero-order chi connectivity index (χ0) is 20.1. The number of carbonyl (C=O) groups excluding carboxylic acids is 2. The van der Waals surface area contributed by atoms with Gasteiger partial charge in [0.1, 0.15) is 6.04 Å². The minimum absolute atomic E-state index is 0.00136. The van der Waals surface area contributed by atoms with E-state index in [1.165, 1.54) is 16.9 Å². The van der Waals surface area contributed by atoms with Crippen LogP contribution in [-0.4, -0.2) is 39.5 Å². The first kappa shape index (κ1) is 20.1. The fraction of sp³-hybridized carbons (Fsp3) is 0.300. The molecule has 1 atom stereocenters. The zero-order valence-electron chi connectivity index (χ0n) is 15.6. The highest BCUT2D eigenvalue weighted by Crippen LogP contribution is 2.29. The van der Waals surface area contributed by atoms with Crippen LogP contribution in [0, 0.1) is 0 Å². The maximum atomic E-state index is 12.8. The van der Waals surface area contributed by atoms with Crippen molar-refractivity contribution in [1.82, 2.24) is 15.1 Å². The van der Waals surface area contributed by atoms with E-state index in [0.717, 1.165) is 21.4 Å². The number of amides is 2. The van der Waals surface area contributed by atoms with Crippen LogP contribution < -0.4 is 5.32 Å². The average molecular weight is 445 g/mol. The summed E-state index contributed by atoms with van der Waals surface area (Å²) in [5, 5.41) is 13.5. The molecule has 1 aliphatic heterocycles. The molecule has 0 saturated carbocycles. The number of carbonyl (C=O) groups is 2. The number of anilines is 1. The molecule has 1 N–H and O–H groups in total. The number of hydrogen-bond acceptors (Lipinski definition) is 7. The van der Waals surface area contributed by atoms with E-state index in [0.29, 0.717) is 24.5 Å². The van der Waals surface area contributed by atoms with E-state index in [1.807, 2.05) is 35.7 Å². The standard InChI is InChI=1S/C20H20N4O2S3/c25-17(12-15-8-5-11-27-15)24-10-4-9-16(24)18(26)21-19-22-23-20(29-19)28-13-14-6-2-1-3-7-14/h1-3,5-8,11,16H,4,9-10,12-13H2,(H,21,22,26). The SMILES string of the molecule is O=C(Nc1nnc(SCc2ccccc2)s1)C1CCCN1C(=O)Cc1cccs1. The molecule has 2 amide bonds. The second kappa shape index (κ2) is 9.51. The van der Waals surface area contributed by atoms with Crippen molar-refractivity contribution in [3.63, 3.8) is 0 Å².